The molecule has 1 N–H and O–H groups in total. The third-order valence-electron chi connectivity index (χ3n) is 7.61. The molecule has 0 fully saturated rings. The van der Waals surface area contributed by atoms with Crippen LogP contribution in [0.4, 0.5) is 10.1 Å². The van der Waals surface area contributed by atoms with Crippen LogP contribution in [0.15, 0.2) is 108 Å². The molecule has 0 bridgehead atoms. The summed E-state index contributed by atoms with van der Waals surface area (Å²) in [5.74, 6) is -1.55. The van der Waals surface area contributed by atoms with Gasteiger partial charge in [-0.1, -0.05) is 97.3 Å². The fraction of sp³-hybridized carbons (Fsp3) is 0.278. The van der Waals surface area contributed by atoms with Crippen molar-refractivity contribution in [3.05, 3.63) is 131 Å². The molecule has 0 spiro atoms. The lowest BCUT2D eigenvalue weighted by atomic mass is 10.0. The third-order valence-corrected chi connectivity index (χ3v) is 9.40. The fourth-order valence-electron chi connectivity index (χ4n) is 4.95. The molecule has 45 heavy (non-hydrogen) atoms. The molecule has 0 saturated heterocycles. The summed E-state index contributed by atoms with van der Waals surface area (Å²) in [6, 6.07) is 27.6. The van der Waals surface area contributed by atoms with Crippen LogP contribution >= 0.6 is 0 Å². The molecule has 236 valence electrons. The number of aryl methyl sites for hydroxylation is 2. The van der Waals surface area contributed by atoms with E-state index in [1.807, 2.05) is 51.1 Å². The summed E-state index contributed by atoms with van der Waals surface area (Å²) in [5.41, 5.74) is 3.13. The molecular weight excluding hydrogens is 589 g/mol. The van der Waals surface area contributed by atoms with Crippen molar-refractivity contribution in [3.63, 3.8) is 0 Å². The van der Waals surface area contributed by atoms with Crippen LogP contribution < -0.4 is 9.62 Å². The number of anilines is 1. The lowest BCUT2D eigenvalue weighted by Gasteiger charge is -2.34. The first-order valence-electron chi connectivity index (χ1n) is 15.1. The van der Waals surface area contributed by atoms with Crippen LogP contribution in [0.3, 0.4) is 0 Å². The minimum atomic E-state index is -4.20. The first kappa shape index (κ1) is 33.4. The molecule has 1 atom stereocenters. The first-order chi connectivity index (χ1) is 21.6. The highest BCUT2D eigenvalue weighted by Gasteiger charge is 2.35. The van der Waals surface area contributed by atoms with E-state index in [0.717, 1.165) is 33.8 Å². The van der Waals surface area contributed by atoms with E-state index < -0.39 is 34.3 Å². The summed E-state index contributed by atoms with van der Waals surface area (Å²) in [6.45, 7) is 5.35. The van der Waals surface area contributed by atoms with Crippen molar-refractivity contribution in [1.82, 2.24) is 10.2 Å². The topological polar surface area (TPSA) is 86.8 Å². The molecule has 0 heterocycles. The zero-order valence-electron chi connectivity index (χ0n) is 25.9. The Morgan fingerprint density at radius 2 is 1.42 bits per heavy atom. The Bertz CT molecular complexity index is 1680. The van der Waals surface area contributed by atoms with E-state index in [4.69, 9.17) is 0 Å². The zero-order chi connectivity index (χ0) is 32.4. The monoisotopic (exact) mass is 629 g/mol. The normalized spacial score (nSPS) is 11.9. The maximum atomic E-state index is 15.0. The number of unbranched alkanes of at least 4 members (excludes halogenated alkanes) is 1. The molecule has 0 aliphatic rings. The lowest BCUT2D eigenvalue weighted by molar-refractivity contribution is -0.140. The van der Waals surface area contributed by atoms with Gasteiger partial charge in [-0.15, -0.1) is 0 Å². The number of hydrogen-bond acceptors (Lipinski definition) is 4. The second-order valence-corrected chi connectivity index (χ2v) is 13.0. The van der Waals surface area contributed by atoms with Crippen molar-refractivity contribution in [1.29, 1.82) is 0 Å². The molecule has 7 nitrogen and oxygen atoms in total. The highest BCUT2D eigenvalue weighted by Crippen LogP contribution is 2.26. The minimum Gasteiger partial charge on any atom is -0.354 e. The van der Waals surface area contributed by atoms with E-state index in [1.165, 1.54) is 23.1 Å². The number of hydrogen-bond donors (Lipinski definition) is 1. The van der Waals surface area contributed by atoms with Gasteiger partial charge in [-0.3, -0.25) is 13.9 Å². The van der Waals surface area contributed by atoms with E-state index >= 15 is 4.39 Å². The van der Waals surface area contributed by atoms with Crippen molar-refractivity contribution < 1.29 is 22.4 Å². The summed E-state index contributed by atoms with van der Waals surface area (Å²) in [4.78, 5) is 29.5. The number of nitrogens with zero attached hydrogens (tertiary/aromatic N) is 2. The van der Waals surface area contributed by atoms with Crippen molar-refractivity contribution in [2.24, 2.45) is 0 Å². The molecule has 9 heteroatoms. The molecule has 4 aromatic carbocycles. The van der Waals surface area contributed by atoms with E-state index in [2.05, 4.69) is 5.32 Å². The summed E-state index contributed by atoms with van der Waals surface area (Å²) in [7, 11) is -4.20. The summed E-state index contributed by atoms with van der Waals surface area (Å²) in [6.07, 6.45) is 1.78. The Labute approximate surface area is 265 Å². The van der Waals surface area contributed by atoms with E-state index in [0.29, 0.717) is 12.2 Å². The standard InChI is InChI=1S/C36H40FN3O4S/c1-4-5-23-38-36(42)34(24-29-11-7-6-8-12-29)39(25-30-13-9-10-14-33(30)37)35(41)26-40(31-19-15-27(2)16-20-31)45(43,44)32-21-17-28(3)18-22-32/h6-22,34H,4-5,23-26H2,1-3H3,(H,38,42)/t34-/m1/s1. The number of nitrogens with one attached hydrogen (secondary N) is 1. The van der Waals surface area contributed by atoms with Gasteiger partial charge >= 0.3 is 0 Å². The molecule has 0 radical (unpaired) electrons. The van der Waals surface area contributed by atoms with Gasteiger partial charge in [0.05, 0.1) is 10.6 Å². The second kappa shape index (κ2) is 15.5. The van der Waals surface area contributed by atoms with Gasteiger partial charge in [0, 0.05) is 25.1 Å². The fourth-order valence-corrected chi connectivity index (χ4v) is 6.36. The van der Waals surface area contributed by atoms with Crippen LogP contribution in [0.2, 0.25) is 0 Å². The average molecular weight is 630 g/mol. The molecule has 0 aliphatic heterocycles. The first-order valence-corrected chi connectivity index (χ1v) is 16.5. The smallest absolute Gasteiger partial charge is 0.264 e. The van der Waals surface area contributed by atoms with E-state index in [9.17, 15) is 18.0 Å². The highest BCUT2D eigenvalue weighted by atomic mass is 32.2. The predicted octanol–water partition coefficient (Wildman–Crippen LogP) is 6.19. The number of carbonyl (C=O) groups excluding carboxylic acids is 2. The maximum absolute atomic E-state index is 15.0. The Balaban J connectivity index is 1.79. The average Bonchev–Trinajstić information content (AvgIpc) is 3.03. The summed E-state index contributed by atoms with van der Waals surface area (Å²) in [5, 5.41) is 2.93. The van der Waals surface area contributed by atoms with Gasteiger partial charge in [0.25, 0.3) is 10.0 Å². The molecule has 0 unspecified atom stereocenters. The molecule has 2 amide bonds. The molecule has 4 aromatic rings. The van der Waals surface area contributed by atoms with Gasteiger partial charge < -0.3 is 10.2 Å². The molecule has 0 aromatic heterocycles. The van der Waals surface area contributed by atoms with Crippen molar-refractivity contribution >= 4 is 27.5 Å². The van der Waals surface area contributed by atoms with Crippen molar-refractivity contribution in [3.8, 4) is 0 Å². The highest BCUT2D eigenvalue weighted by molar-refractivity contribution is 7.92. The predicted molar refractivity (Wildman–Crippen MR) is 176 cm³/mol. The van der Waals surface area contributed by atoms with E-state index in [-0.39, 0.29) is 29.3 Å². The zero-order valence-corrected chi connectivity index (χ0v) is 26.8. The Kier molecular flexibility index (Phi) is 11.5. The van der Waals surface area contributed by atoms with Crippen LogP contribution in [0, 0.1) is 19.7 Å². The van der Waals surface area contributed by atoms with Crippen molar-refractivity contribution in [2.45, 2.75) is 57.5 Å². The summed E-state index contributed by atoms with van der Waals surface area (Å²) < 4.78 is 44.2. The minimum absolute atomic E-state index is 0.0280. The van der Waals surface area contributed by atoms with E-state index in [1.54, 1.807) is 54.6 Å². The lowest BCUT2D eigenvalue weighted by Crippen LogP contribution is -2.53. The number of sulfonamides is 1. The van der Waals surface area contributed by atoms with Gasteiger partial charge in [0.15, 0.2) is 0 Å². The van der Waals surface area contributed by atoms with Crippen LogP contribution in [-0.2, 0) is 32.6 Å². The quantitative estimate of drug-likeness (QED) is 0.169. The Morgan fingerprint density at radius 3 is 2.04 bits per heavy atom. The van der Waals surface area contributed by atoms with Gasteiger partial charge in [0.2, 0.25) is 11.8 Å². The van der Waals surface area contributed by atoms with Crippen molar-refractivity contribution in [2.75, 3.05) is 17.4 Å². The van der Waals surface area contributed by atoms with Crippen LogP contribution in [-0.4, -0.2) is 44.3 Å². The van der Waals surface area contributed by atoms with Crippen LogP contribution in [0.1, 0.15) is 42.0 Å². The third kappa shape index (κ3) is 8.79. The molecule has 0 aliphatic carbocycles. The second-order valence-electron chi connectivity index (χ2n) is 11.1. The summed E-state index contributed by atoms with van der Waals surface area (Å²) >= 11 is 0. The molecule has 4 rings (SSSR count). The largest absolute Gasteiger partial charge is 0.354 e. The number of carbonyl (C=O) groups is 2. The van der Waals surface area contributed by atoms with Gasteiger partial charge in [-0.05, 0) is 56.2 Å². The number of benzene rings is 4. The SMILES string of the molecule is CCCCNC(=O)[C@@H](Cc1ccccc1)N(Cc1ccccc1F)C(=O)CN(c1ccc(C)cc1)S(=O)(=O)c1ccc(C)cc1. The van der Waals surface area contributed by atoms with Crippen LogP contribution in [0.5, 0.6) is 0 Å². The number of rotatable bonds is 14. The Hall–Kier alpha value is -4.50. The van der Waals surface area contributed by atoms with Gasteiger partial charge in [0.1, 0.15) is 18.4 Å². The Morgan fingerprint density at radius 1 is 0.822 bits per heavy atom. The maximum Gasteiger partial charge on any atom is 0.264 e. The van der Waals surface area contributed by atoms with Gasteiger partial charge in [-0.2, -0.15) is 0 Å². The number of amides is 2. The van der Waals surface area contributed by atoms with Gasteiger partial charge in [-0.25, -0.2) is 12.8 Å². The number of halogens is 1. The van der Waals surface area contributed by atoms with Crippen LogP contribution in [0.25, 0.3) is 0 Å². The molecular formula is C36H40FN3O4S. The molecule has 0 saturated carbocycles.